The molecule has 0 radical (unpaired) electrons. The summed E-state index contributed by atoms with van der Waals surface area (Å²) in [7, 11) is 1.70. The maximum atomic E-state index is 11.5. The van der Waals surface area contributed by atoms with Crippen LogP contribution in [0.4, 0.5) is 5.69 Å². The van der Waals surface area contributed by atoms with Crippen molar-refractivity contribution in [3.63, 3.8) is 0 Å². The van der Waals surface area contributed by atoms with Crippen LogP contribution in [-0.2, 0) is 11.2 Å². The molecular weight excluding hydrogens is 274 g/mol. The van der Waals surface area contributed by atoms with Crippen LogP contribution in [-0.4, -0.2) is 24.0 Å². The number of aryl methyl sites for hydroxylation is 1. The minimum absolute atomic E-state index is 0.0521. The van der Waals surface area contributed by atoms with Gasteiger partial charge in [-0.2, -0.15) is 0 Å². The predicted octanol–water partition coefficient (Wildman–Crippen LogP) is 2.06. The number of halogens is 1. The molecule has 0 saturated carbocycles. The van der Waals surface area contributed by atoms with Crippen molar-refractivity contribution in [2.45, 2.75) is 12.8 Å². The summed E-state index contributed by atoms with van der Waals surface area (Å²) < 4.78 is 0.651. The summed E-state index contributed by atoms with van der Waals surface area (Å²) in [5, 5.41) is 8.93. The highest BCUT2D eigenvalue weighted by Gasteiger charge is 2.24. The molecule has 0 saturated heterocycles. The van der Waals surface area contributed by atoms with Gasteiger partial charge in [0.2, 0.25) is 5.91 Å². The topological polar surface area (TPSA) is 57.6 Å². The molecule has 1 N–H and O–H groups in total. The molecule has 16 heavy (non-hydrogen) atoms. The first-order valence-corrected chi connectivity index (χ1v) is 5.62. The molecule has 0 spiro atoms. The van der Waals surface area contributed by atoms with Crippen LogP contribution >= 0.6 is 15.9 Å². The van der Waals surface area contributed by atoms with Crippen molar-refractivity contribution in [2.24, 2.45) is 0 Å². The number of carboxylic acids is 1. The molecule has 0 atom stereocenters. The van der Waals surface area contributed by atoms with Crippen LogP contribution in [0.2, 0.25) is 0 Å². The molecule has 0 aliphatic carbocycles. The number of carboxylic acid groups (broad SMARTS) is 1. The number of rotatable bonds is 1. The van der Waals surface area contributed by atoms with Crippen LogP contribution in [0.3, 0.4) is 0 Å². The molecule has 4 nitrogen and oxygen atoms in total. The van der Waals surface area contributed by atoms with Gasteiger partial charge < -0.3 is 10.0 Å². The van der Waals surface area contributed by atoms with Gasteiger partial charge in [-0.1, -0.05) is 0 Å². The van der Waals surface area contributed by atoms with Crippen LogP contribution < -0.4 is 4.90 Å². The number of hydrogen-bond donors (Lipinski definition) is 1. The Kier molecular flexibility index (Phi) is 2.71. The predicted molar refractivity (Wildman–Crippen MR) is 62.8 cm³/mol. The van der Waals surface area contributed by atoms with Crippen molar-refractivity contribution in [1.82, 2.24) is 0 Å². The minimum Gasteiger partial charge on any atom is -0.478 e. The molecule has 2 rings (SSSR count). The smallest absolute Gasteiger partial charge is 0.335 e. The van der Waals surface area contributed by atoms with E-state index < -0.39 is 5.97 Å². The lowest BCUT2D eigenvalue weighted by atomic mass is 9.99. The van der Waals surface area contributed by atoms with E-state index >= 15 is 0 Å². The monoisotopic (exact) mass is 283 g/mol. The maximum Gasteiger partial charge on any atom is 0.335 e. The quantitative estimate of drug-likeness (QED) is 0.858. The van der Waals surface area contributed by atoms with Crippen molar-refractivity contribution in [3.8, 4) is 0 Å². The van der Waals surface area contributed by atoms with E-state index in [1.54, 1.807) is 18.0 Å². The zero-order valence-corrected chi connectivity index (χ0v) is 10.2. The fraction of sp³-hybridized carbons (Fsp3) is 0.273. The van der Waals surface area contributed by atoms with E-state index in [9.17, 15) is 9.59 Å². The van der Waals surface area contributed by atoms with E-state index in [0.717, 1.165) is 11.3 Å². The number of nitrogens with zero attached hydrogens (tertiary/aromatic N) is 1. The number of amides is 1. The lowest BCUT2D eigenvalue weighted by Crippen LogP contribution is -2.31. The summed E-state index contributed by atoms with van der Waals surface area (Å²) in [6.07, 6.45) is 1.03. The second-order valence-corrected chi connectivity index (χ2v) is 4.58. The molecule has 84 valence electrons. The van der Waals surface area contributed by atoms with Gasteiger partial charge in [0, 0.05) is 17.9 Å². The number of anilines is 1. The van der Waals surface area contributed by atoms with Crippen LogP contribution in [0.25, 0.3) is 0 Å². The highest BCUT2D eigenvalue weighted by molar-refractivity contribution is 9.10. The SMILES string of the molecule is CN1C(=O)CCc2cc(C(=O)O)cc(Br)c21. The molecule has 1 aliphatic rings. The largest absolute Gasteiger partial charge is 0.478 e. The van der Waals surface area contributed by atoms with Gasteiger partial charge in [0.05, 0.1) is 11.3 Å². The van der Waals surface area contributed by atoms with E-state index in [4.69, 9.17) is 5.11 Å². The number of benzene rings is 1. The molecule has 0 unspecified atom stereocenters. The standard InChI is InChI=1S/C11H10BrNO3/c1-13-9(14)3-2-6-4-7(11(15)16)5-8(12)10(6)13/h4-5H,2-3H2,1H3,(H,15,16). The number of fused-ring (bicyclic) bond motifs is 1. The fourth-order valence-electron chi connectivity index (χ4n) is 1.88. The molecule has 0 fully saturated rings. The average molecular weight is 284 g/mol. The maximum absolute atomic E-state index is 11.5. The first kappa shape index (κ1) is 11.1. The Morgan fingerprint density at radius 3 is 2.75 bits per heavy atom. The van der Waals surface area contributed by atoms with Crippen molar-refractivity contribution >= 4 is 33.5 Å². The first-order valence-electron chi connectivity index (χ1n) is 4.83. The van der Waals surface area contributed by atoms with Gasteiger partial charge in [-0.05, 0) is 40.0 Å². The Bertz CT molecular complexity index is 484. The zero-order valence-electron chi connectivity index (χ0n) is 8.66. The van der Waals surface area contributed by atoms with Gasteiger partial charge >= 0.3 is 5.97 Å². The Morgan fingerprint density at radius 2 is 2.12 bits per heavy atom. The summed E-state index contributed by atoms with van der Waals surface area (Å²) in [4.78, 5) is 24.0. The number of carbonyl (C=O) groups is 2. The lowest BCUT2D eigenvalue weighted by molar-refractivity contribution is -0.118. The van der Waals surface area contributed by atoms with Crippen LogP contribution in [0.15, 0.2) is 16.6 Å². The molecule has 5 heteroatoms. The second-order valence-electron chi connectivity index (χ2n) is 3.72. The lowest BCUT2D eigenvalue weighted by Gasteiger charge is -2.27. The molecule has 1 aromatic carbocycles. The van der Waals surface area contributed by atoms with E-state index in [2.05, 4.69) is 15.9 Å². The van der Waals surface area contributed by atoms with E-state index in [1.165, 1.54) is 6.07 Å². The molecule has 1 amide bonds. The second kappa shape index (κ2) is 3.90. The Morgan fingerprint density at radius 1 is 1.44 bits per heavy atom. The Labute approximate surface area is 101 Å². The Hall–Kier alpha value is -1.36. The van der Waals surface area contributed by atoms with Gasteiger partial charge in [-0.25, -0.2) is 4.79 Å². The molecule has 1 aliphatic heterocycles. The van der Waals surface area contributed by atoms with Crippen molar-refractivity contribution in [3.05, 3.63) is 27.7 Å². The summed E-state index contributed by atoms with van der Waals surface area (Å²) >= 11 is 3.31. The van der Waals surface area contributed by atoms with Gasteiger partial charge in [0.15, 0.2) is 0 Å². The normalized spacial score (nSPS) is 14.9. The van der Waals surface area contributed by atoms with Gasteiger partial charge in [-0.3, -0.25) is 4.79 Å². The molecule has 0 aromatic heterocycles. The van der Waals surface area contributed by atoms with Crippen molar-refractivity contribution in [1.29, 1.82) is 0 Å². The first-order chi connectivity index (χ1) is 7.50. The van der Waals surface area contributed by atoms with Crippen molar-refractivity contribution in [2.75, 3.05) is 11.9 Å². The summed E-state index contributed by atoms with van der Waals surface area (Å²) in [5.41, 5.74) is 1.92. The van der Waals surface area contributed by atoms with E-state index in [1.807, 2.05) is 0 Å². The minimum atomic E-state index is -0.956. The molecule has 1 heterocycles. The summed E-state index contributed by atoms with van der Waals surface area (Å²) in [6.45, 7) is 0. The van der Waals surface area contributed by atoms with Gasteiger partial charge in [0.25, 0.3) is 0 Å². The molecule has 1 aromatic rings. The Balaban J connectivity index is 2.58. The van der Waals surface area contributed by atoms with Crippen LogP contribution in [0.5, 0.6) is 0 Å². The molecular formula is C11H10BrNO3. The third-order valence-corrected chi connectivity index (χ3v) is 3.31. The van der Waals surface area contributed by atoms with Gasteiger partial charge in [-0.15, -0.1) is 0 Å². The van der Waals surface area contributed by atoms with E-state index in [0.29, 0.717) is 17.3 Å². The number of aromatic carboxylic acids is 1. The average Bonchev–Trinajstić information content (AvgIpc) is 2.22. The van der Waals surface area contributed by atoms with Gasteiger partial charge in [0.1, 0.15) is 0 Å². The van der Waals surface area contributed by atoms with Crippen molar-refractivity contribution < 1.29 is 14.7 Å². The third-order valence-electron chi connectivity index (χ3n) is 2.71. The fourth-order valence-corrected chi connectivity index (χ4v) is 2.65. The number of hydrogen-bond acceptors (Lipinski definition) is 2. The summed E-state index contributed by atoms with van der Waals surface area (Å²) in [5.74, 6) is -0.903. The highest BCUT2D eigenvalue weighted by Crippen LogP contribution is 2.35. The summed E-state index contributed by atoms with van der Waals surface area (Å²) in [6, 6.07) is 3.15. The molecule has 0 bridgehead atoms. The zero-order chi connectivity index (χ0) is 11.9. The highest BCUT2D eigenvalue weighted by atomic mass is 79.9. The third kappa shape index (κ3) is 1.71. The van der Waals surface area contributed by atoms with Crippen LogP contribution in [0, 0.1) is 0 Å². The van der Waals surface area contributed by atoms with Crippen LogP contribution in [0.1, 0.15) is 22.3 Å². The van der Waals surface area contributed by atoms with E-state index in [-0.39, 0.29) is 11.5 Å². The number of carbonyl (C=O) groups excluding carboxylic acids is 1.